The van der Waals surface area contributed by atoms with Gasteiger partial charge in [0, 0.05) is 18.2 Å². The minimum Gasteiger partial charge on any atom is -0.396 e. The van der Waals surface area contributed by atoms with Crippen molar-refractivity contribution >= 4 is 5.69 Å². The number of rotatable bonds is 1. The Hall–Kier alpha value is -1.02. The summed E-state index contributed by atoms with van der Waals surface area (Å²) in [5, 5.41) is 12.6. The molecular weight excluding hydrogens is 186 g/mol. The normalized spacial score (nSPS) is 19.9. The van der Waals surface area contributed by atoms with Crippen LogP contribution in [0.4, 0.5) is 5.69 Å². The highest BCUT2D eigenvalue weighted by molar-refractivity contribution is 5.59. The first-order valence-corrected chi connectivity index (χ1v) is 5.51. The Labute approximate surface area is 91.3 Å². The van der Waals surface area contributed by atoms with E-state index in [-0.39, 0.29) is 17.9 Å². The van der Waals surface area contributed by atoms with Gasteiger partial charge < -0.3 is 10.4 Å². The summed E-state index contributed by atoms with van der Waals surface area (Å²) < 4.78 is 0. The predicted octanol–water partition coefficient (Wildman–Crippen LogP) is 2.49. The zero-order chi connectivity index (χ0) is 11.1. The Morgan fingerprint density at radius 1 is 1.40 bits per heavy atom. The third-order valence-corrected chi connectivity index (χ3v) is 3.12. The monoisotopic (exact) mass is 205 g/mol. The van der Waals surface area contributed by atoms with Crippen LogP contribution >= 0.6 is 0 Å². The van der Waals surface area contributed by atoms with Crippen LogP contribution in [0.25, 0.3) is 0 Å². The second-order valence-corrected chi connectivity index (χ2v) is 5.31. The molecule has 0 unspecified atom stereocenters. The van der Waals surface area contributed by atoms with E-state index in [0.717, 1.165) is 6.54 Å². The summed E-state index contributed by atoms with van der Waals surface area (Å²) in [6.07, 6.45) is 0. The lowest BCUT2D eigenvalue weighted by Crippen LogP contribution is -2.12. The number of aliphatic hydroxyl groups is 1. The summed E-state index contributed by atoms with van der Waals surface area (Å²) in [4.78, 5) is 0. The van der Waals surface area contributed by atoms with Crippen LogP contribution in [0.1, 0.15) is 37.8 Å². The largest absolute Gasteiger partial charge is 0.396 e. The molecule has 1 aliphatic heterocycles. The van der Waals surface area contributed by atoms with Crippen molar-refractivity contribution in [2.45, 2.75) is 32.1 Å². The molecule has 82 valence electrons. The van der Waals surface area contributed by atoms with E-state index in [2.05, 4.69) is 44.3 Å². The lowest BCUT2D eigenvalue weighted by Gasteiger charge is -2.20. The van der Waals surface area contributed by atoms with Gasteiger partial charge in [-0.25, -0.2) is 0 Å². The van der Waals surface area contributed by atoms with Gasteiger partial charge in [-0.2, -0.15) is 0 Å². The van der Waals surface area contributed by atoms with Gasteiger partial charge >= 0.3 is 0 Å². The summed E-state index contributed by atoms with van der Waals surface area (Å²) in [6, 6.07) is 6.54. The summed E-state index contributed by atoms with van der Waals surface area (Å²) >= 11 is 0. The quantitative estimate of drug-likeness (QED) is 0.738. The fourth-order valence-electron chi connectivity index (χ4n) is 2.03. The van der Waals surface area contributed by atoms with Crippen LogP contribution in [-0.4, -0.2) is 18.3 Å². The van der Waals surface area contributed by atoms with Gasteiger partial charge in [0.15, 0.2) is 0 Å². The predicted molar refractivity (Wildman–Crippen MR) is 63.5 cm³/mol. The van der Waals surface area contributed by atoms with Crippen LogP contribution in [0, 0.1) is 0 Å². The highest BCUT2D eigenvalue weighted by atomic mass is 16.3. The number of anilines is 1. The molecule has 1 aliphatic rings. The van der Waals surface area contributed by atoms with Crippen LogP contribution < -0.4 is 5.32 Å². The number of aliphatic hydroxyl groups excluding tert-OH is 1. The average Bonchev–Trinajstić information content (AvgIpc) is 2.57. The van der Waals surface area contributed by atoms with Gasteiger partial charge in [0.25, 0.3) is 0 Å². The summed E-state index contributed by atoms with van der Waals surface area (Å²) in [6.45, 7) is 7.73. The standard InChI is InChI=1S/C13H19NO/c1-13(2,3)10-4-5-12-11(6-10)9(8-15)7-14-12/h4-6,9,14-15H,7-8H2,1-3H3/t9-/m0/s1. The van der Waals surface area contributed by atoms with Gasteiger partial charge in [0.1, 0.15) is 0 Å². The maximum atomic E-state index is 9.27. The Morgan fingerprint density at radius 2 is 2.13 bits per heavy atom. The Bertz CT molecular complexity index is 365. The lowest BCUT2D eigenvalue weighted by molar-refractivity contribution is 0.273. The first-order valence-electron chi connectivity index (χ1n) is 5.51. The maximum Gasteiger partial charge on any atom is 0.0517 e. The van der Waals surface area contributed by atoms with Crippen molar-refractivity contribution < 1.29 is 5.11 Å². The number of hydrogen-bond donors (Lipinski definition) is 2. The Morgan fingerprint density at radius 3 is 2.73 bits per heavy atom. The molecule has 1 aromatic rings. The number of hydrogen-bond acceptors (Lipinski definition) is 2. The third kappa shape index (κ3) is 1.86. The third-order valence-electron chi connectivity index (χ3n) is 3.12. The topological polar surface area (TPSA) is 32.3 Å². The summed E-state index contributed by atoms with van der Waals surface area (Å²) in [7, 11) is 0. The SMILES string of the molecule is CC(C)(C)c1ccc2c(c1)[C@H](CO)CN2. The van der Waals surface area contributed by atoms with Gasteiger partial charge in [-0.05, 0) is 22.6 Å². The fourth-order valence-corrected chi connectivity index (χ4v) is 2.03. The highest BCUT2D eigenvalue weighted by Gasteiger charge is 2.23. The summed E-state index contributed by atoms with van der Waals surface area (Å²) in [5.41, 5.74) is 3.97. The van der Waals surface area contributed by atoms with Crippen molar-refractivity contribution in [3.05, 3.63) is 29.3 Å². The van der Waals surface area contributed by atoms with E-state index in [1.165, 1.54) is 16.8 Å². The second-order valence-electron chi connectivity index (χ2n) is 5.31. The van der Waals surface area contributed by atoms with Crippen LogP contribution in [0.15, 0.2) is 18.2 Å². The van der Waals surface area contributed by atoms with Crippen molar-refractivity contribution in [1.29, 1.82) is 0 Å². The average molecular weight is 205 g/mol. The molecule has 0 aliphatic carbocycles. The van der Waals surface area contributed by atoms with E-state index in [4.69, 9.17) is 0 Å². The van der Waals surface area contributed by atoms with E-state index in [9.17, 15) is 5.11 Å². The lowest BCUT2D eigenvalue weighted by atomic mass is 9.85. The van der Waals surface area contributed by atoms with Gasteiger partial charge in [-0.15, -0.1) is 0 Å². The molecule has 1 aromatic carbocycles. The molecule has 2 heteroatoms. The molecule has 0 amide bonds. The molecule has 0 saturated carbocycles. The highest BCUT2D eigenvalue weighted by Crippen LogP contribution is 2.34. The van der Waals surface area contributed by atoms with Crippen LogP contribution in [0.5, 0.6) is 0 Å². The van der Waals surface area contributed by atoms with Gasteiger partial charge in [0.05, 0.1) is 6.61 Å². The van der Waals surface area contributed by atoms with Crippen LogP contribution in [-0.2, 0) is 5.41 Å². The van der Waals surface area contributed by atoms with E-state index >= 15 is 0 Å². The number of benzene rings is 1. The molecule has 0 aromatic heterocycles. The van der Waals surface area contributed by atoms with Crippen LogP contribution in [0.3, 0.4) is 0 Å². The second kappa shape index (κ2) is 3.53. The van der Waals surface area contributed by atoms with Gasteiger partial charge in [-0.3, -0.25) is 0 Å². The van der Waals surface area contributed by atoms with E-state index in [0.29, 0.717) is 0 Å². The van der Waals surface area contributed by atoms with Crippen molar-refractivity contribution in [2.24, 2.45) is 0 Å². The van der Waals surface area contributed by atoms with Crippen molar-refractivity contribution in [2.75, 3.05) is 18.5 Å². The smallest absolute Gasteiger partial charge is 0.0517 e. The first kappa shape index (κ1) is 10.5. The molecule has 0 radical (unpaired) electrons. The molecule has 0 spiro atoms. The Kier molecular flexibility index (Phi) is 2.47. The van der Waals surface area contributed by atoms with E-state index in [1.807, 2.05) is 0 Å². The molecule has 0 fully saturated rings. The molecular formula is C13H19NO. The number of nitrogens with one attached hydrogen (secondary N) is 1. The minimum absolute atomic E-state index is 0.178. The van der Waals surface area contributed by atoms with Crippen molar-refractivity contribution in [3.63, 3.8) is 0 Å². The van der Waals surface area contributed by atoms with Gasteiger partial charge in [0.2, 0.25) is 0 Å². The van der Waals surface area contributed by atoms with E-state index in [1.54, 1.807) is 0 Å². The van der Waals surface area contributed by atoms with Crippen molar-refractivity contribution in [3.8, 4) is 0 Å². The van der Waals surface area contributed by atoms with Gasteiger partial charge in [-0.1, -0.05) is 32.9 Å². The summed E-state index contributed by atoms with van der Waals surface area (Å²) in [5.74, 6) is 0.266. The molecule has 1 atom stereocenters. The minimum atomic E-state index is 0.178. The maximum absolute atomic E-state index is 9.27. The molecule has 1 heterocycles. The molecule has 0 saturated heterocycles. The van der Waals surface area contributed by atoms with E-state index < -0.39 is 0 Å². The molecule has 2 nitrogen and oxygen atoms in total. The molecule has 2 N–H and O–H groups in total. The Balaban J connectivity index is 2.41. The molecule has 15 heavy (non-hydrogen) atoms. The zero-order valence-corrected chi connectivity index (χ0v) is 9.67. The zero-order valence-electron chi connectivity index (χ0n) is 9.67. The van der Waals surface area contributed by atoms with Crippen molar-refractivity contribution in [1.82, 2.24) is 0 Å². The first-order chi connectivity index (χ1) is 7.02. The molecule has 0 bridgehead atoms. The van der Waals surface area contributed by atoms with Crippen LogP contribution in [0.2, 0.25) is 0 Å². The molecule has 2 rings (SSSR count). The fraction of sp³-hybridized carbons (Fsp3) is 0.538. The number of fused-ring (bicyclic) bond motifs is 1.